The predicted octanol–water partition coefficient (Wildman–Crippen LogP) is 4.08. The molecule has 4 rings (SSSR count). The maximum absolute atomic E-state index is 13.0. The highest BCUT2D eigenvalue weighted by Gasteiger charge is 2.38. The molecule has 0 aliphatic carbocycles. The average molecular weight is 401 g/mol. The van der Waals surface area contributed by atoms with E-state index in [1.165, 1.54) is 15.6 Å². The van der Waals surface area contributed by atoms with Crippen molar-refractivity contribution in [2.45, 2.75) is 29.5 Å². The van der Waals surface area contributed by atoms with Gasteiger partial charge in [0.1, 0.15) is 10.3 Å². The highest BCUT2D eigenvalue weighted by Crippen LogP contribution is 2.29. The molecule has 1 saturated heterocycles. The van der Waals surface area contributed by atoms with Gasteiger partial charge in [0.25, 0.3) is 10.0 Å². The number of anilines is 1. The first-order valence-corrected chi connectivity index (χ1v) is 11.2. The zero-order valence-corrected chi connectivity index (χ0v) is 16.3. The lowest BCUT2D eigenvalue weighted by Gasteiger charge is -2.33. The number of piperidine rings is 1. The Balaban J connectivity index is 1.63. The Kier molecular flexibility index (Phi) is 4.99. The van der Waals surface area contributed by atoms with Crippen LogP contribution in [0.4, 0.5) is 5.69 Å². The number of fused-ring (bicyclic) bond motifs is 1. The summed E-state index contributed by atoms with van der Waals surface area (Å²) in [7, 11) is -3.66. The van der Waals surface area contributed by atoms with Crippen molar-refractivity contribution in [3.05, 3.63) is 60.0 Å². The molecule has 0 saturated carbocycles. The minimum absolute atomic E-state index is 0.272. The third kappa shape index (κ3) is 3.50. The van der Waals surface area contributed by atoms with Crippen molar-refractivity contribution in [2.24, 2.45) is 0 Å². The molecule has 2 aromatic carbocycles. The maximum Gasteiger partial charge on any atom is 0.253 e. The Morgan fingerprint density at radius 2 is 1.85 bits per heavy atom. The molecule has 0 radical (unpaired) electrons. The molecule has 1 fully saturated rings. The molecule has 1 amide bonds. The molecule has 140 valence electrons. The van der Waals surface area contributed by atoms with Crippen molar-refractivity contribution in [1.82, 2.24) is 4.31 Å². The molecular weight excluding hydrogens is 380 g/mol. The lowest BCUT2D eigenvalue weighted by Crippen LogP contribution is -2.49. The summed E-state index contributed by atoms with van der Waals surface area (Å²) >= 11 is 1.18. The highest BCUT2D eigenvalue weighted by atomic mass is 32.2. The molecular formula is C20H20N2O3S2. The van der Waals surface area contributed by atoms with Gasteiger partial charge >= 0.3 is 0 Å². The number of nitrogens with one attached hydrogen (secondary N) is 1. The van der Waals surface area contributed by atoms with E-state index in [1.807, 2.05) is 42.5 Å². The lowest BCUT2D eigenvalue weighted by molar-refractivity contribution is -0.120. The van der Waals surface area contributed by atoms with Gasteiger partial charge in [-0.15, -0.1) is 11.3 Å². The number of hydrogen-bond acceptors (Lipinski definition) is 4. The molecule has 0 bridgehead atoms. The number of benzene rings is 2. The standard InChI is InChI=1S/C20H20N2O3S2/c23-20(21-17-10-5-8-15-7-1-2-9-16(15)17)18-11-3-4-13-22(18)27(24,25)19-12-6-14-26-19/h1-2,5-10,12,14,18H,3-4,11,13H2,(H,21,23)/t18-/m1/s1. The van der Waals surface area contributed by atoms with Gasteiger partial charge in [-0.1, -0.05) is 48.9 Å². The number of hydrogen-bond donors (Lipinski definition) is 1. The van der Waals surface area contributed by atoms with E-state index < -0.39 is 16.1 Å². The van der Waals surface area contributed by atoms with E-state index in [2.05, 4.69) is 5.32 Å². The SMILES string of the molecule is O=C(Nc1cccc2ccccc12)[C@H]1CCCCN1S(=O)(=O)c1cccs1. The van der Waals surface area contributed by atoms with E-state index in [0.29, 0.717) is 18.7 Å². The van der Waals surface area contributed by atoms with Crippen LogP contribution in [0.15, 0.2) is 64.2 Å². The van der Waals surface area contributed by atoms with Gasteiger partial charge in [-0.25, -0.2) is 8.42 Å². The fourth-order valence-corrected chi connectivity index (χ4v) is 6.31. The second-order valence-corrected chi connectivity index (χ2v) is 9.64. The Labute approximate surface area is 162 Å². The minimum atomic E-state index is -3.66. The first-order chi connectivity index (χ1) is 13.1. The fourth-order valence-electron chi connectivity index (χ4n) is 3.53. The molecule has 0 unspecified atom stereocenters. The van der Waals surface area contributed by atoms with E-state index in [4.69, 9.17) is 0 Å². The molecule has 3 aromatic rings. The fraction of sp³-hybridized carbons (Fsp3) is 0.250. The van der Waals surface area contributed by atoms with Crippen molar-refractivity contribution < 1.29 is 13.2 Å². The predicted molar refractivity (Wildman–Crippen MR) is 108 cm³/mol. The van der Waals surface area contributed by atoms with Gasteiger partial charge in [0.15, 0.2) is 0 Å². The van der Waals surface area contributed by atoms with Crippen molar-refractivity contribution in [3.8, 4) is 0 Å². The summed E-state index contributed by atoms with van der Waals surface area (Å²) in [6, 6.07) is 16.1. The van der Waals surface area contributed by atoms with Crippen LogP contribution in [0.5, 0.6) is 0 Å². The van der Waals surface area contributed by atoms with Gasteiger partial charge in [0.2, 0.25) is 5.91 Å². The summed E-state index contributed by atoms with van der Waals surface area (Å²) in [6.07, 6.45) is 2.13. The molecule has 1 aliphatic rings. The summed E-state index contributed by atoms with van der Waals surface area (Å²) in [5.74, 6) is -0.272. The topological polar surface area (TPSA) is 66.5 Å². The van der Waals surface area contributed by atoms with E-state index in [9.17, 15) is 13.2 Å². The van der Waals surface area contributed by atoms with Crippen LogP contribution < -0.4 is 5.32 Å². The third-order valence-electron chi connectivity index (χ3n) is 4.86. The monoisotopic (exact) mass is 400 g/mol. The summed E-state index contributed by atoms with van der Waals surface area (Å²) in [5, 5.41) is 6.67. The van der Waals surface area contributed by atoms with Crippen molar-refractivity contribution in [3.63, 3.8) is 0 Å². The normalized spacial score (nSPS) is 18.4. The van der Waals surface area contributed by atoms with E-state index >= 15 is 0 Å². The molecule has 5 nitrogen and oxygen atoms in total. The average Bonchev–Trinajstić information content (AvgIpc) is 3.24. The van der Waals surface area contributed by atoms with Gasteiger partial charge in [0, 0.05) is 17.6 Å². The second kappa shape index (κ2) is 7.42. The van der Waals surface area contributed by atoms with Crippen molar-refractivity contribution in [1.29, 1.82) is 0 Å². The van der Waals surface area contributed by atoms with Gasteiger partial charge in [-0.3, -0.25) is 4.79 Å². The van der Waals surface area contributed by atoms with Crippen molar-refractivity contribution in [2.75, 3.05) is 11.9 Å². The molecule has 7 heteroatoms. The Hall–Kier alpha value is -2.22. The van der Waals surface area contributed by atoms with Crippen LogP contribution in [0, 0.1) is 0 Å². The third-order valence-corrected chi connectivity index (χ3v) is 8.14. The highest BCUT2D eigenvalue weighted by molar-refractivity contribution is 7.91. The largest absolute Gasteiger partial charge is 0.324 e. The smallest absolute Gasteiger partial charge is 0.253 e. The second-order valence-electron chi connectivity index (χ2n) is 6.58. The Morgan fingerprint density at radius 1 is 1.04 bits per heavy atom. The zero-order chi connectivity index (χ0) is 18.9. The van der Waals surface area contributed by atoms with Gasteiger partial charge < -0.3 is 5.32 Å². The van der Waals surface area contributed by atoms with Crippen LogP contribution in [-0.4, -0.2) is 31.2 Å². The molecule has 1 N–H and O–H groups in total. The van der Waals surface area contributed by atoms with E-state index in [0.717, 1.165) is 23.6 Å². The van der Waals surface area contributed by atoms with Crippen LogP contribution >= 0.6 is 11.3 Å². The number of sulfonamides is 1. The van der Waals surface area contributed by atoms with Gasteiger partial charge in [-0.2, -0.15) is 4.31 Å². The van der Waals surface area contributed by atoms with Crippen LogP contribution in [0.3, 0.4) is 0 Å². The Morgan fingerprint density at radius 3 is 2.67 bits per heavy atom. The molecule has 1 atom stereocenters. The number of carbonyl (C=O) groups excluding carboxylic acids is 1. The van der Waals surface area contributed by atoms with Crippen LogP contribution in [-0.2, 0) is 14.8 Å². The van der Waals surface area contributed by atoms with Crippen LogP contribution in [0.2, 0.25) is 0 Å². The zero-order valence-electron chi connectivity index (χ0n) is 14.7. The molecule has 2 heterocycles. The molecule has 1 aliphatic heterocycles. The minimum Gasteiger partial charge on any atom is -0.324 e. The van der Waals surface area contributed by atoms with E-state index in [-0.39, 0.29) is 10.1 Å². The summed E-state index contributed by atoms with van der Waals surface area (Å²) in [6.45, 7) is 0.369. The first kappa shape index (κ1) is 18.2. The van der Waals surface area contributed by atoms with Crippen LogP contribution in [0.1, 0.15) is 19.3 Å². The summed E-state index contributed by atoms with van der Waals surface area (Å²) in [4.78, 5) is 13.0. The van der Waals surface area contributed by atoms with Crippen molar-refractivity contribution >= 4 is 43.7 Å². The number of carbonyl (C=O) groups is 1. The van der Waals surface area contributed by atoms with Gasteiger partial charge in [0.05, 0.1) is 0 Å². The quantitative estimate of drug-likeness (QED) is 0.717. The number of thiophene rings is 1. The number of amides is 1. The lowest BCUT2D eigenvalue weighted by atomic mass is 10.0. The van der Waals surface area contributed by atoms with Crippen LogP contribution in [0.25, 0.3) is 10.8 Å². The maximum atomic E-state index is 13.0. The molecule has 0 spiro atoms. The Bertz CT molecular complexity index is 1060. The van der Waals surface area contributed by atoms with Gasteiger partial charge in [-0.05, 0) is 35.7 Å². The molecule has 27 heavy (non-hydrogen) atoms. The number of rotatable bonds is 4. The molecule has 1 aromatic heterocycles. The first-order valence-electron chi connectivity index (χ1n) is 8.91. The number of nitrogens with zero attached hydrogens (tertiary/aromatic N) is 1. The summed E-state index contributed by atoms with van der Waals surface area (Å²) < 4.78 is 27.6. The van der Waals surface area contributed by atoms with E-state index in [1.54, 1.807) is 17.5 Å². The summed E-state index contributed by atoms with van der Waals surface area (Å²) in [5.41, 5.74) is 0.706.